The van der Waals surface area contributed by atoms with Crippen LogP contribution in [-0.2, 0) is 32.7 Å². The number of hydrogen-bond acceptors (Lipinski definition) is 1. The van der Waals surface area contributed by atoms with Gasteiger partial charge in [0.25, 0.3) is 0 Å². The van der Waals surface area contributed by atoms with Crippen LogP contribution in [0, 0.1) is 31.9 Å². The van der Waals surface area contributed by atoms with Crippen molar-refractivity contribution >= 4 is 0 Å². The van der Waals surface area contributed by atoms with Crippen LogP contribution in [0.5, 0.6) is 0 Å². The molecule has 0 atom stereocenters. The minimum absolute atomic E-state index is 0. The number of hydrogen-bond donors (Lipinski definition) is 0. The molecule has 0 spiro atoms. The monoisotopic (exact) mass is 169 g/mol. The summed E-state index contributed by atoms with van der Waals surface area (Å²) in [5.74, 6) is 0. The van der Waals surface area contributed by atoms with E-state index in [1.54, 1.807) is 0 Å². The van der Waals surface area contributed by atoms with Gasteiger partial charge in [0.2, 0.25) is 0 Å². The number of rotatable bonds is 0. The first-order valence-corrected chi connectivity index (χ1v) is 0.994. The van der Waals surface area contributed by atoms with Crippen LogP contribution >= 0.6 is 0 Å². The molecule has 35 valence electrons. The van der Waals surface area contributed by atoms with Gasteiger partial charge >= 0.3 is 0 Å². The van der Waals surface area contributed by atoms with E-state index < -0.39 is 0 Å². The van der Waals surface area contributed by atoms with E-state index in [4.69, 9.17) is 11.8 Å². The molecule has 1 radical (unpaired) electrons. The topological polar surface area (TPSA) is 28.1 Å². The van der Waals surface area contributed by atoms with Crippen molar-refractivity contribution in [2.75, 3.05) is 0 Å². The largest absolute Gasteiger partial charge is 0.447 e. The Morgan fingerprint density at radius 1 is 1.71 bits per heavy atom. The molecule has 0 bridgehead atoms. The van der Waals surface area contributed by atoms with Crippen molar-refractivity contribution in [1.82, 2.24) is 0 Å². The van der Waals surface area contributed by atoms with Crippen molar-refractivity contribution in [2.45, 2.75) is 0 Å². The van der Waals surface area contributed by atoms with Crippen LogP contribution < -0.4 is 0 Å². The first-order valence-electron chi connectivity index (χ1n) is 0.994. The molecule has 3 heteroatoms. The molecule has 2 nitrogen and oxygen atoms in total. The Hall–Kier alpha value is -0.0461. The first kappa shape index (κ1) is 15.8. The van der Waals surface area contributed by atoms with Gasteiger partial charge in [-0.2, -0.15) is 0 Å². The smallest absolute Gasteiger partial charge is 0.0529 e. The van der Waals surface area contributed by atoms with Gasteiger partial charge in [-0.15, -0.1) is 0 Å². The van der Waals surface area contributed by atoms with Gasteiger partial charge in [0.1, 0.15) is 0 Å². The molecule has 0 unspecified atom stereocenters. The van der Waals surface area contributed by atoms with E-state index in [9.17, 15) is 0 Å². The molecule has 0 aliphatic carbocycles. The zero-order chi connectivity index (χ0) is 4.12. The fourth-order valence-electron chi connectivity index (χ4n) is 0.0289. The van der Waals surface area contributed by atoms with Crippen molar-refractivity contribution in [3.05, 3.63) is 25.4 Å². The normalized spacial score (nSPS) is 2.57. The molecule has 0 saturated heterocycles. The molecular weight excluding hydrogens is 165 g/mol. The number of nitrogens with zero attached hydrogens (tertiary/aromatic N) is 2. The predicted octanol–water partition coefficient (Wildman–Crippen LogP) is 1.04. The third-order valence-electron chi connectivity index (χ3n) is 0.122. The summed E-state index contributed by atoms with van der Waals surface area (Å²) in [4.78, 5) is 2.62. The first-order chi connectivity index (χ1) is 2.41. The van der Waals surface area contributed by atoms with E-state index in [-0.39, 0.29) is 40.1 Å². The average Bonchev–Trinajstić information content (AvgIpc) is 1.41. The molecule has 0 amide bonds. The van der Waals surface area contributed by atoms with E-state index in [2.05, 4.69) is 4.85 Å². The Bertz CT molecular complexity index is 74.8. The van der Waals surface area contributed by atoms with Crippen LogP contribution in [0.25, 0.3) is 4.85 Å². The average molecular weight is 169 g/mol. The zero-order valence-corrected chi connectivity index (χ0v) is 6.89. The molecule has 0 aromatic carbocycles. The van der Waals surface area contributed by atoms with Crippen LogP contribution in [0.2, 0.25) is 0 Å². The third kappa shape index (κ3) is 24.4. The number of nitriles is 1. The molecule has 0 heterocycles. The van der Waals surface area contributed by atoms with Crippen molar-refractivity contribution < 1.29 is 32.7 Å². The van der Waals surface area contributed by atoms with Gasteiger partial charge < -0.3 is 12.3 Å². The zero-order valence-electron chi connectivity index (χ0n) is 4.05. The summed E-state index contributed by atoms with van der Waals surface area (Å²) in [6.45, 7) is 6.80. The molecule has 0 saturated carbocycles. The van der Waals surface area contributed by atoms with Crippen LogP contribution in [0.4, 0.5) is 0 Å². The molecule has 0 fully saturated rings. The molecule has 0 aliphatic heterocycles. The van der Waals surface area contributed by atoms with Gasteiger partial charge in [-0.3, -0.25) is 6.57 Å². The van der Waals surface area contributed by atoms with E-state index in [1.807, 2.05) is 0 Å². The standard InChI is InChI=1S/C3HN2.CH3.Y/c1-5-3-2-4;;/h3H;1H3;/q2*-1;. The summed E-state index contributed by atoms with van der Waals surface area (Å²) in [7, 11) is 0. The fourth-order valence-corrected chi connectivity index (χ4v) is 0.0289. The van der Waals surface area contributed by atoms with Crippen molar-refractivity contribution in [1.29, 1.82) is 5.26 Å². The fraction of sp³-hybridized carbons (Fsp3) is 0. The molecule has 0 rings (SSSR count). The van der Waals surface area contributed by atoms with E-state index >= 15 is 0 Å². The second kappa shape index (κ2) is 16.7. The minimum Gasteiger partial charge on any atom is -0.447 e. The third-order valence-corrected chi connectivity index (χ3v) is 0.122. The van der Waals surface area contributed by atoms with Gasteiger partial charge in [0.05, 0.1) is 6.54 Å². The van der Waals surface area contributed by atoms with Crippen molar-refractivity contribution in [3.63, 3.8) is 0 Å². The van der Waals surface area contributed by atoms with Crippen LogP contribution in [0.15, 0.2) is 0 Å². The van der Waals surface area contributed by atoms with E-state index in [0.717, 1.165) is 6.54 Å². The second-order valence-electron chi connectivity index (χ2n) is 0.387. The maximum absolute atomic E-state index is 7.55. The van der Waals surface area contributed by atoms with Gasteiger partial charge in [0, 0.05) is 32.7 Å². The van der Waals surface area contributed by atoms with Gasteiger partial charge in [0.15, 0.2) is 0 Å². The Balaban J connectivity index is -0.0000000800. The van der Waals surface area contributed by atoms with Crippen molar-refractivity contribution in [3.8, 4) is 6.07 Å². The summed E-state index contributed by atoms with van der Waals surface area (Å²) in [6.07, 6.45) is 0. The van der Waals surface area contributed by atoms with Crippen LogP contribution in [-0.4, -0.2) is 0 Å². The Labute approximate surface area is 69.2 Å². The predicted molar refractivity (Wildman–Crippen MR) is 22.9 cm³/mol. The summed E-state index contributed by atoms with van der Waals surface area (Å²) < 4.78 is 0. The molecular formula is C4H4N2Y-2. The quantitative estimate of drug-likeness (QED) is 0.498. The summed E-state index contributed by atoms with van der Waals surface area (Å²) in [5, 5.41) is 7.55. The van der Waals surface area contributed by atoms with Gasteiger partial charge in [-0.1, -0.05) is 0 Å². The van der Waals surface area contributed by atoms with E-state index in [1.165, 1.54) is 6.07 Å². The maximum atomic E-state index is 7.55. The summed E-state index contributed by atoms with van der Waals surface area (Å²) in [6, 6.07) is 1.54. The Morgan fingerprint density at radius 3 is 2.14 bits per heavy atom. The maximum Gasteiger partial charge on any atom is 0.0529 e. The molecule has 7 heavy (non-hydrogen) atoms. The SMILES string of the molecule is [C-]#[N+][CH-]C#N.[CH3-].[Y]. The van der Waals surface area contributed by atoms with Gasteiger partial charge in [-0.05, 0) is 6.07 Å². The Morgan fingerprint density at radius 2 is 2.14 bits per heavy atom. The second-order valence-corrected chi connectivity index (χ2v) is 0.387. The Kier molecular flexibility index (Phi) is 37.7. The van der Waals surface area contributed by atoms with Gasteiger partial charge in [-0.25, -0.2) is 5.26 Å². The summed E-state index contributed by atoms with van der Waals surface area (Å²) in [5.41, 5.74) is 0. The molecule has 0 aromatic heterocycles. The molecule has 0 N–H and O–H groups in total. The molecule has 0 aromatic rings. The minimum atomic E-state index is 0. The van der Waals surface area contributed by atoms with E-state index in [0.29, 0.717) is 0 Å². The summed E-state index contributed by atoms with van der Waals surface area (Å²) >= 11 is 0. The van der Waals surface area contributed by atoms with Crippen LogP contribution in [0.1, 0.15) is 0 Å². The van der Waals surface area contributed by atoms with Crippen molar-refractivity contribution in [2.24, 2.45) is 0 Å². The van der Waals surface area contributed by atoms with Crippen LogP contribution in [0.3, 0.4) is 0 Å². The molecule has 0 aliphatic rings.